The molecule has 7 heteroatoms. The van der Waals surface area contributed by atoms with Crippen LogP contribution in [-0.4, -0.2) is 45.1 Å². The van der Waals surface area contributed by atoms with E-state index in [9.17, 15) is 14.4 Å². The largest absolute Gasteiger partial charge is 0.338 e. The monoisotopic (exact) mass is 280 g/mol. The maximum Gasteiger partial charge on any atom is 0.331 e. The number of rotatable bonds is 2. The van der Waals surface area contributed by atoms with Gasteiger partial charge in [-0.3, -0.25) is 18.7 Å². The van der Waals surface area contributed by atoms with E-state index in [1.807, 2.05) is 13.8 Å². The van der Waals surface area contributed by atoms with Crippen molar-refractivity contribution < 1.29 is 4.79 Å². The zero-order valence-corrected chi connectivity index (χ0v) is 12.0. The Hall–Kier alpha value is -1.89. The van der Waals surface area contributed by atoms with Crippen LogP contribution in [0.5, 0.6) is 0 Å². The first kappa shape index (κ1) is 14.5. The molecule has 2 heterocycles. The average molecular weight is 280 g/mol. The van der Waals surface area contributed by atoms with Crippen molar-refractivity contribution in [1.82, 2.24) is 19.4 Å². The summed E-state index contributed by atoms with van der Waals surface area (Å²) in [4.78, 5) is 37.2. The van der Waals surface area contributed by atoms with Gasteiger partial charge in [-0.05, 0) is 13.8 Å². The Bertz CT molecular complexity index is 609. The van der Waals surface area contributed by atoms with Gasteiger partial charge in [-0.15, -0.1) is 0 Å². The quantitative estimate of drug-likeness (QED) is 0.735. The number of carbonyl (C=O) groups is 1. The van der Waals surface area contributed by atoms with Gasteiger partial charge in [0.15, 0.2) is 0 Å². The van der Waals surface area contributed by atoms with Gasteiger partial charge in [0.1, 0.15) is 6.54 Å². The molecule has 1 aliphatic rings. The van der Waals surface area contributed by atoms with Crippen LogP contribution in [0.25, 0.3) is 0 Å². The summed E-state index contributed by atoms with van der Waals surface area (Å²) in [6.07, 6.45) is 1.37. The molecule has 7 nitrogen and oxygen atoms in total. The number of hydrogen-bond donors (Lipinski definition) is 1. The zero-order valence-electron chi connectivity index (χ0n) is 12.0. The smallest absolute Gasteiger partial charge is 0.331 e. The van der Waals surface area contributed by atoms with Gasteiger partial charge in [-0.25, -0.2) is 4.79 Å². The lowest BCUT2D eigenvalue weighted by atomic mass is 10.1. The van der Waals surface area contributed by atoms with Crippen LogP contribution >= 0.6 is 0 Å². The predicted octanol–water partition coefficient (Wildman–Crippen LogP) is -1.24. The minimum Gasteiger partial charge on any atom is -0.338 e. The molecule has 0 radical (unpaired) electrons. The molecule has 1 aromatic rings. The first-order valence-electron chi connectivity index (χ1n) is 6.69. The SMILES string of the molecule is C[C@H]1CN(C(=O)Cn2ccc(=O)n(C)c2=O)C[C@H](C)N1. The van der Waals surface area contributed by atoms with Gasteiger partial charge >= 0.3 is 5.69 Å². The average Bonchev–Trinajstić information content (AvgIpc) is 2.38. The zero-order chi connectivity index (χ0) is 14.9. The molecule has 0 saturated carbocycles. The molecule has 0 spiro atoms. The topological polar surface area (TPSA) is 76.3 Å². The van der Waals surface area contributed by atoms with Crippen molar-refractivity contribution in [1.29, 1.82) is 0 Å². The third-order valence-corrected chi connectivity index (χ3v) is 3.48. The van der Waals surface area contributed by atoms with Gasteiger partial charge in [-0.2, -0.15) is 0 Å². The molecule has 20 heavy (non-hydrogen) atoms. The molecule has 110 valence electrons. The second kappa shape index (κ2) is 5.62. The van der Waals surface area contributed by atoms with Gasteiger partial charge in [0, 0.05) is 44.5 Å². The standard InChI is InChI=1S/C13H20N4O3/c1-9-6-17(7-10(2)14-9)12(19)8-16-5-4-11(18)15(3)13(16)20/h4-5,9-10,14H,6-8H2,1-3H3/t9-,10-/m0/s1. The number of hydrogen-bond acceptors (Lipinski definition) is 4. The van der Waals surface area contributed by atoms with Crippen molar-refractivity contribution in [2.24, 2.45) is 7.05 Å². The van der Waals surface area contributed by atoms with Gasteiger partial charge in [-0.1, -0.05) is 0 Å². The fourth-order valence-electron chi connectivity index (χ4n) is 2.51. The van der Waals surface area contributed by atoms with E-state index < -0.39 is 5.69 Å². The summed E-state index contributed by atoms with van der Waals surface area (Å²) in [5.74, 6) is -0.106. The third-order valence-electron chi connectivity index (χ3n) is 3.48. The fourth-order valence-corrected chi connectivity index (χ4v) is 2.51. The van der Waals surface area contributed by atoms with Crippen LogP contribution in [0.15, 0.2) is 21.9 Å². The molecular formula is C13H20N4O3. The van der Waals surface area contributed by atoms with Crippen LogP contribution < -0.4 is 16.6 Å². The van der Waals surface area contributed by atoms with Crippen LogP contribution in [0.2, 0.25) is 0 Å². The number of amides is 1. The molecule has 0 bridgehead atoms. The van der Waals surface area contributed by atoms with E-state index in [1.165, 1.54) is 23.9 Å². The molecule has 1 fully saturated rings. The second-order valence-corrected chi connectivity index (χ2v) is 5.39. The number of nitrogens with zero attached hydrogens (tertiary/aromatic N) is 3. The van der Waals surface area contributed by atoms with Crippen molar-refractivity contribution in [3.63, 3.8) is 0 Å². The number of carbonyl (C=O) groups excluding carboxylic acids is 1. The Morgan fingerprint density at radius 2 is 1.90 bits per heavy atom. The van der Waals surface area contributed by atoms with Crippen molar-refractivity contribution in [3.05, 3.63) is 33.1 Å². The highest BCUT2D eigenvalue weighted by Gasteiger charge is 2.24. The summed E-state index contributed by atoms with van der Waals surface area (Å²) in [6, 6.07) is 1.76. The Balaban J connectivity index is 2.14. The second-order valence-electron chi connectivity index (χ2n) is 5.39. The molecule has 1 saturated heterocycles. The number of piperazine rings is 1. The summed E-state index contributed by atoms with van der Waals surface area (Å²) < 4.78 is 2.26. The Kier molecular flexibility index (Phi) is 4.08. The minimum atomic E-state index is -0.470. The number of aromatic nitrogens is 2. The maximum atomic E-state index is 12.3. The maximum absolute atomic E-state index is 12.3. The van der Waals surface area contributed by atoms with Crippen LogP contribution in [-0.2, 0) is 18.4 Å². The van der Waals surface area contributed by atoms with Crippen molar-refractivity contribution in [2.75, 3.05) is 13.1 Å². The first-order chi connectivity index (χ1) is 9.38. The van der Waals surface area contributed by atoms with E-state index in [-0.39, 0.29) is 30.1 Å². The molecule has 0 aliphatic carbocycles. The van der Waals surface area contributed by atoms with E-state index in [0.717, 1.165) is 4.57 Å². The Labute approximate surface area is 116 Å². The molecule has 2 rings (SSSR count). The molecule has 0 aromatic carbocycles. The predicted molar refractivity (Wildman–Crippen MR) is 74.6 cm³/mol. The lowest BCUT2D eigenvalue weighted by molar-refractivity contribution is -0.133. The summed E-state index contributed by atoms with van der Waals surface area (Å²) in [6.45, 7) is 5.27. The van der Waals surface area contributed by atoms with E-state index in [1.54, 1.807) is 4.90 Å². The van der Waals surface area contributed by atoms with Gasteiger partial charge < -0.3 is 10.2 Å². The Morgan fingerprint density at radius 1 is 1.30 bits per heavy atom. The molecule has 0 unspecified atom stereocenters. The summed E-state index contributed by atoms with van der Waals surface area (Å²) in [5.41, 5.74) is -0.842. The van der Waals surface area contributed by atoms with Gasteiger partial charge in [0.2, 0.25) is 5.91 Å². The summed E-state index contributed by atoms with van der Waals surface area (Å²) in [5, 5.41) is 3.35. The van der Waals surface area contributed by atoms with Crippen molar-refractivity contribution in [3.8, 4) is 0 Å². The van der Waals surface area contributed by atoms with Crippen LogP contribution in [0.4, 0.5) is 0 Å². The molecule has 2 atom stereocenters. The highest BCUT2D eigenvalue weighted by molar-refractivity contribution is 5.76. The van der Waals surface area contributed by atoms with Crippen molar-refractivity contribution >= 4 is 5.91 Å². The normalized spacial score (nSPS) is 22.9. The summed E-state index contributed by atoms with van der Waals surface area (Å²) >= 11 is 0. The molecule has 1 N–H and O–H groups in total. The van der Waals surface area contributed by atoms with Gasteiger partial charge in [0.25, 0.3) is 5.56 Å². The van der Waals surface area contributed by atoms with Crippen molar-refractivity contribution in [2.45, 2.75) is 32.5 Å². The Morgan fingerprint density at radius 3 is 2.50 bits per heavy atom. The first-order valence-corrected chi connectivity index (χ1v) is 6.69. The number of nitrogens with one attached hydrogen (secondary N) is 1. The van der Waals surface area contributed by atoms with E-state index in [4.69, 9.17) is 0 Å². The molecule has 1 aromatic heterocycles. The fraction of sp³-hybridized carbons (Fsp3) is 0.615. The lowest BCUT2D eigenvalue weighted by Crippen LogP contribution is -2.56. The minimum absolute atomic E-state index is 0.0353. The van der Waals surface area contributed by atoms with E-state index in [2.05, 4.69) is 5.32 Å². The van der Waals surface area contributed by atoms with Gasteiger partial charge in [0.05, 0.1) is 0 Å². The van der Waals surface area contributed by atoms with E-state index >= 15 is 0 Å². The lowest BCUT2D eigenvalue weighted by Gasteiger charge is -2.36. The molecule has 1 aliphatic heterocycles. The third kappa shape index (κ3) is 2.98. The van der Waals surface area contributed by atoms with Crippen LogP contribution in [0.3, 0.4) is 0 Å². The highest BCUT2D eigenvalue weighted by Crippen LogP contribution is 2.04. The summed E-state index contributed by atoms with van der Waals surface area (Å²) in [7, 11) is 1.40. The highest BCUT2D eigenvalue weighted by atomic mass is 16.2. The molecular weight excluding hydrogens is 260 g/mol. The van der Waals surface area contributed by atoms with Crippen LogP contribution in [0.1, 0.15) is 13.8 Å². The van der Waals surface area contributed by atoms with Crippen LogP contribution in [0, 0.1) is 0 Å². The van der Waals surface area contributed by atoms with E-state index in [0.29, 0.717) is 13.1 Å². The molecule has 1 amide bonds.